The van der Waals surface area contributed by atoms with Gasteiger partial charge in [-0.25, -0.2) is 0 Å². The molecule has 0 saturated heterocycles. The molecular formula is C27H48O6. The van der Waals surface area contributed by atoms with Crippen LogP contribution in [0.4, 0.5) is 0 Å². The summed E-state index contributed by atoms with van der Waals surface area (Å²) in [4.78, 5) is 0. The number of hydrogen-bond acceptors (Lipinski definition) is 6. The lowest BCUT2D eigenvalue weighted by Crippen LogP contribution is -2.68. The fraction of sp³-hybridized carbons (Fsp3) is 1.00. The molecule has 6 N–H and O–H groups in total. The zero-order valence-corrected chi connectivity index (χ0v) is 21.0. The van der Waals surface area contributed by atoms with E-state index in [1.165, 1.54) is 0 Å². The molecule has 4 fully saturated rings. The van der Waals surface area contributed by atoms with Gasteiger partial charge in [0.05, 0.1) is 30.0 Å². The van der Waals surface area contributed by atoms with E-state index in [9.17, 15) is 30.6 Å². The summed E-state index contributed by atoms with van der Waals surface area (Å²) in [6, 6.07) is 0. The molecule has 6 nitrogen and oxygen atoms in total. The van der Waals surface area contributed by atoms with Crippen molar-refractivity contribution < 1.29 is 30.6 Å². The largest absolute Gasteiger partial charge is 0.396 e. The third-order valence-corrected chi connectivity index (χ3v) is 11.1. The molecule has 0 amide bonds. The van der Waals surface area contributed by atoms with Crippen molar-refractivity contribution in [3.8, 4) is 0 Å². The quantitative estimate of drug-likeness (QED) is 0.356. The van der Waals surface area contributed by atoms with Gasteiger partial charge in [-0.3, -0.25) is 0 Å². The Labute approximate surface area is 199 Å². The Hall–Kier alpha value is -0.240. The first-order valence-corrected chi connectivity index (χ1v) is 13.5. The molecule has 4 aliphatic carbocycles. The van der Waals surface area contributed by atoms with Crippen LogP contribution in [0, 0.1) is 46.3 Å². The average Bonchev–Trinajstić information content (AvgIpc) is 2.95. The molecule has 6 heteroatoms. The maximum atomic E-state index is 12.3. The molecule has 192 valence electrons. The molecule has 0 aromatic carbocycles. The molecule has 0 heterocycles. The van der Waals surface area contributed by atoms with E-state index in [2.05, 4.69) is 20.8 Å². The van der Waals surface area contributed by atoms with Crippen LogP contribution in [0.3, 0.4) is 0 Å². The molecule has 4 saturated carbocycles. The molecule has 0 bridgehead atoms. The summed E-state index contributed by atoms with van der Waals surface area (Å²) < 4.78 is 0. The Balaban J connectivity index is 1.61. The third kappa shape index (κ3) is 3.92. The Morgan fingerprint density at radius 1 is 0.909 bits per heavy atom. The monoisotopic (exact) mass is 468 g/mol. The van der Waals surface area contributed by atoms with Gasteiger partial charge in [-0.15, -0.1) is 0 Å². The topological polar surface area (TPSA) is 121 Å². The Morgan fingerprint density at radius 2 is 1.58 bits per heavy atom. The maximum Gasteiger partial charge on any atom is 0.0863 e. The zero-order chi connectivity index (χ0) is 24.3. The first kappa shape index (κ1) is 25.8. The van der Waals surface area contributed by atoms with Gasteiger partial charge in [0.25, 0.3) is 0 Å². The minimum absolute atomic E-state index is 0.0393. The van der Waals surface area contributed by atoms with Crippen molar-refractivity contribution in [2.45, 2.75) is 115 Å². The first-order valence-electron chi connectivity index (χ1n) is 13.5. The highest BCUT2D eigenvalue weighted by Gasteiger charge is 2.72. The van der Waals surface area contributed by atoms with Crippen LogP contribution >= 0.6 is 0 Å². The van der Waals surface area contributed by atoms with Gasteiger partial charge in [-0.2, -0.15) is 0 Å². The van der Waals surface area contributed by atoms with Crippen LogP contribution in [0.2, 0.25) is 0 Å². The van der Waals surface area contributed by atoms with Gasteiger partial charge in [-0.1, -0.05) is 40.5 Å². The van der Waals surface area contributed by atoms with Crippen molar-refractivity contribution in [3.05, 3.63) is 0 Å². The van der Waals surface area contributed by atoms with Crippen molar-refractivity contribution in [2.24, 2.45) is 46.3 Å². The van der Waals surface area contributed by atoms with Crippen molar-refractivity contribution in [3.63, 3.8) is 0 Å². The van der Waals surface area contributed by atoms with Gasteiger partial charge in [0, 0.05) is 18.9 Å². The van der Waals surface area contributed by atoms with E-state index in [1.54, 1.807) is 0 Å². The van der Waals surface area contributed by atoms with E-state index in [0.29, 0.717) is 12.8 Å². The molecular weight excluding hydrogens is 420 g/mol. The molecule has 0 aromatic rings. The fourth-order valence-corrected chi connectivity index (χ4v) is 9.57. The number of rotatable bonds is 6. The maximum absolute atomic E-state index is 12.3. The summed E-state index contributed by atoms with van der Waals surface area (Å²) in [6.07, 6.45) is 3.75. The summed E-state index contributed by atoms with van der Waals surface area (Å²) in [5.41, 5.74) is -1.90. The van der Waals surface area contributed by atoms with Crippen molar-refractivity contribution in [2.75, 3.05) is 6.61 Å². The zero-order valence-electron chi connectivity index (χ0n) is 21.0. The van der Waals surface area contributed by atoms with E-state index < -0.39 is 41.3 Å². The summed E-state index contributed by atoms with van der Waals surface area (Å²) in [6.45, 7) is 8.70. The van der Waals surface area contributed by atoms with Gasteiger partial charge in [0.2, 0.25) is 0 Å². The van der Waals surface area contributed by atoms with Crippen LogP contribution in [0.25, 0.3) is 0 Å². The lowest BCUT2D eigenvalue weighted by atomic mass is 9.42. The summed E-state index contributed by atoms with van der Waals surface area (Å²) >= 11 is 0. The van der Waals surface area contributed by atoms with Crippen LogP contribution in [-0.2, 0) is 0 Å². The number of fused-ring (bicyclic) bond motifs is 5. The normalized spacial score (nSPS) is 53.6. The molecule has 0 unspecified atom stereocenters. The highest BCUT2D eigenvalue weighted by atomic mass is 16.3. The minimum atomic E-state index is -1.22. The second kappa shape index (κ2) is 9.01. The van der Waals surface area contributed by atoms with E-state index in [1.807, 2.05) is 6.92 Å². The standard InChI is InChI=1S/C27H48O6/c1-15(14-28)6-5-7-16(2)21-22(31)23(32)24-26(21,4)11-9-20-25(3)10-8-17(29)12-18(25)19(30)13-27(20,24)33/h15-24,28-33H,5-14H2,1-4H3/t15-,16+,17-,18+,19-,20+,21-,22+,23-,24+,25-,26+,27-/m0/s1. The fourth-order valence-electron chi connectivity index (χ4n) is 9.57. The number of aliphatic hydroxyl groups is 6. The van der Waals surface area contributed by atoms with Gasteiger partial charge in [-0.05, 0) is 78.9 Å². The molecule has 0 aliphatic heterocycles. The van der Waals surface area contributed by atoms with Crippen LogP contribution in [0.15, 0.2) is 0 Å². The predicted octanol–water partition coefficient (Wildman–Crippen LogP) is 2.47. The van der Waals surface area contributed by atoms with E-state index in [4.69, 9.17) is 0 Å². The number of aliphatic hydroxyl groups excluding tert-OH is 5. The highest BCUT2D eigenvalue weighted by molar-refractivity contribution is 5.21. The average molecular weight is 469 g/mol. The minimum Gasteiger partial charge on any atom is -0.396 e. The Morgan fingerprint density at radius 3 is 2.24 bits per heavy atom. The van der Waals surface area contributed by atoms with Crippen LogP contribution in [0.5, 0.6) is 0 Å². The smallest absolute Gasteiger partial charge is 0.0863 e. The summed E-state index contributed by atoms with van der Waals surface area (Å²) in [5.74, 6) is -0.211. The van der Waals surface area contributed by atoms with E-state index >= 15 is 0 Å². The summed E-state index contributed by atoms with van der Waals surface area (Å²) in [7, 11) is 0. The van der Waals surface area contributed by atoms with E-state index in [-0.39, 0.29) is 48.0 Å². The Bertz CT molecular complexity index is 702. The van der Waals surface area contributed by atoms with Crippen molar-refractivity contribution in [1.29, 1.82) is 0 Å². The molecule has 0 radical (unpaired) electrons. The van der Waals surface area contributed by atoms with Crippen molar-refractivity contribution in [1.82, 2.24) is 0 Å². The molecule has 0 spiro atoms. The number of hydrogen-bond donors (Lipinski definition) is 6. The lowest BCUT2D eigenvalue weighted by molar-refractivity contribution is -0.264. The molecule has 13 atom stereocenters. The predicted molar refractivity (Wildman–Crippen MR) is 126 cm³/mol. The second-order valence-electron chi connectivity index (χ2n) is 13.1. The highest BCUT2D eigenvalue weighted by Crippen LogP contribution is 2.69. The van der Waals surface area contributed by atoms with Gasteiger partial charge in [0.1, 0.15) is 0 Å². The van der Waals surface area contributed by atoms with Gasteiger partial charge in [0.15, 0.2) is 0 Å². The molecule has 4 rings (SSSR count). The van der Waals surface area contributed by atoms with Crippen molar-refractivity contribution >= 4 is 0 Å². The van der Waals surface area contributed by atoms with Crippen LogP contribution in [-0.4, -0.2) is 67.3 Å². The first-order chi connectivity index (χ1) is 15.4. The third-order valence-electron chi connectivity index (χ3n) is 11.1. The van der Waals surface area contributed by atoms with Crippen LogP contribution in [0.1, 0.15) is 85.5 Å². The summed E-state index contributed by atoms with van der Waals surface area (Å²) in [5, 5.41) is 65.7. The molecule has 0 aromatic heterocycles. The second-order valence-corrected chi connectivity index (χ2v) is 13.1. The van der Waals surface area contributed by atoms with Crippen LogP contribution < -0.4 is 0 Å². The lowest BCUT2D eigenvalue weighted by Gasteiger charge is -2.65. The SMILES string of the molecule is C[C@H](CO)CCC[C@@H](C)[C@H]1[C@@H](O)[C@H](O)[C@@H]2[C@]1(C)CC[C@@H]1[C@@]3(C)CC[C@H](O)C[C@@H]3[C@@H](O)C[C@]12O. The molecule has 4 aliphatic rings. The van der Waals surface area contributed by atoms with Gasteiger partial charge < -0.3 is 30.6 Å². The van der Waals surface area contributed by atoms with Gasteiger partial charge >= 0.3 is 0 Å². The Kier molecular flexibility index (Phi) is 7.05. The van der Waals surface area contributed by atoms with E-state index in [0.717, 1.165) is 38.5 Å². The molecule has 33 heavy (non-hydrogen) atoms.